The van der Waals surface area contributed by atoms with Crippen molar-refractivity contribution in [3.8, 4) is 0 Å². The fourth-order valence-electron chi connectivity index (χ4n) is 2.38. The summed E-state index contributed by atoms with van der Waals surface area (Å²) in [7, 11) is 0. The minimum atomic E-state index is 0.00579. The Balaban J connectivity index is 2.27. The molecule has 1 fully saturated rings. The highest BCUT2D eigenvalue weighted by molar-refractivity contribution is 7.98. The zero-order chi connectivity index (χ0) is 13.8. The van der Waals surface area contributed by atoms with Gasteiger partial charge in [0.25, 0.3) is 5.91 Å². The molecule has 19 heavy (non-hydrogen) atoms. The lowest BCUT2D eigenvalue weighted by Gasteiger charge is -2.34. The van der Waals surface area contributed by atoms with Gasteiger partial charge in [0, 0.05) is 23.4 Å². The summed E-state index contributed by atoms with van der Waals surface area (Å²) in [5, 5.41) is 0.515. The molecular weight excluding hydrogens is 301 g/mol. The van der Waals surface area contributed by atoms with E-state index in [-0.39, 0.29) is 11.9 Å². The molecule has 104 valence electrons. The third-order valence-electron chi connectivity index (χ3n) is 3.47. The van der Waals surface area contributed by atoms with Gasteiger partial charge in [0.1, 0.15) is 0 Å². The molecule has 0 bridgehead atoms. The number of rotatable bonds is 3. The van der Waals surface area contributed by atoms with E-state index in [0.29, 0.717) is 16.5 Å². The number of carbonyl (C=O) groups excluding carboxylic acids is 1. The van der Waals surface area contributed by atoms with Crippen molar-refractivity contribution in [1.82, 2.24) is 4.90 Å². The van der Waals surface area contributed by atoms with Crippen LogP contribution in [0.5, 0.6) is 0 Å². The molecule has 1 unspecified atom stereocenters. The Morgan fingerprint density at radius 2 is 2.26 bits per heavy atom. The Morgan fingerprint density at radius 3 is 2.95 bits per heavy atom. The molecule has 0 saturated carbocycles. The number of piperidine rings is 1. The summed E-state index contributed by atoms with van der Waals surface area (Å²) >= 11 is 13.7. The van der Waals surface area contributed by atoms with Crippen LogP contribution in [0.2, 0.25) is 5.02 Å². The molecule has 1 heterocycles. The van der Waals surface area contributed by atoms with Crippen molar-refractivity contribution in [3.63, 3.8) is 0 Å². The maximum absolute atomic E-state index is 12.6. The van der Waals surface area contributed by atoms with E-state index in [0.717, 1.165) is 30.7 Å². The summed E-state index contributed by atoms with van der Waals surface area (Å²) in [5.74, 6) is 0.497. The van der Waals surface area contributed by atoms with Gasteiger partial charge in [0.2, 0.25) is 0 Å². The van der Waals surface area contributed by atoms with E-state index in [1.54, 1.807) is 17.8 Å². The first-order valence-corrected chi connectivity index (χ1v) is 8.51. The Kier molecular flexibility index (Phi) is 5.43. The highest BCUT2D eigenvalue weighted by atomic mass is 35.5. The van der Waals surface area contributed by atoms with E-state index in [1.807, 2.05) is 23.3 Å². The molecule has 1 aromatic carbocycles. The largest absolute Gasteiger partial charge is 0.334 e. The van der Waals surface area contributed by atoms with Crippen LogP contribution >= 0.6 is 35.0 Å². The van der Waals surface area contributed by atoms with Crippen molar-refractivity contribution in [3.05, 3.63) is 28.8 Å². The summed E-state index contributed by atoms with van der Waals surface area (Å²) in [6, 6.07) is 5.73. The number of hydrogen-bond acceptors (Lipinski definition) is 2. The molecule has 1 aliphatic heterocycles. The van der Waals surface area contributed by atoms with Crippen LogP contribution in [0.1, 0.15) is 29.6 Å². The lowest BCUT2D eigenvalue weighted by atomic mass is 10.0. The third kappa shape index (κ3) is 3.39. The number of benzene rings is 1. The number of thioether (sulfide) groups is 1. The molecule has 0 radical (unpaired) electrons. The first-order valence-electron chi connectivity index (χ1n) is 6.38. The molecule has 0 N–H and O–H groups in total. The Bertz CT molecular complexity index is 467. The summed E-state index contributed by atoms with van der Waals surface area (Å²) in [5.41, 5.74) is 0.588. The quantitative estimate of drug-likeness (QED) is 0.612. The second-order valence-corrected chi connectivity index (χ2v) is 6.24. The van der Waals surface area contributed by atoms with Gasteiger partial charge < -0.3 is 4.90 Å². The Morgan fingerprint density at radius 1 is 1.47 bits per heavy atom. The highest BCUT2D eigenvalue weighted by Gasteiger charge is 2.28. The average Bonchev–Trinajstić information content (AvgIpc) is 2.47. The number of likely N-dealkylation sites (tertiary alicyclic amines) is 1. The summed E-state index contributed by atoms with van der Waals surface area (Å²) in [6.07, 6.45) is 5.15. The van der Waals surface area contributed by atoms with Crippen molar-refractivity contribution < 1.29 is 4.79 Å². The molecule has 2 nitrogen and oxygen atoms in total. The van der Waals surface area contributed by atoms with Gasteiger partial charge in [-0.2, -0.15) is 0 Å². The topological polar surface area (TPSA) is 20.3 Å². The van der Waals surface area contributed by atoms with Gasteiger partial charge in [0.05, 0.1) is 10.6 Å². The maximum Gasteiger partial charge on any atom is 0.255 e. The normalized spacial score (nSPS) is 19.5. The minimum absolute atomic E-state index is 0.00579. The number of hydrogen-bond donors (Lipinski definition) is 0. The van der Waals surface area contributed by atoms with Gasteiger partial charge in [-0.3, -0.25) is 4.79 Å². The predicted molar refractivity (Wildman–Crippen MR) is 82.6 cm³/mol. The second kappa shape index (κ2) is 6.87. The summed E-state index contributed by atoms with van der Waals surface area (Å²) in [4.78, 5) is 15.6. The standard InChI is InChI=1S/C14H17Cl2NOS/c1-19-11-5-6-13(16)12(8-11)14(18)17-7-3-2-4-10(17)9-15/h5-6,8,10H,2-4,7,9H2,1H3. The van der Waals surface area contributed by atoms with Gasteiger partial charge in [-0.15, -0.1) is 23.4 Å². The number of nitrogens with zero attached hydrogens (tertiary/aromatic N) is 1. The molecule has 5 heteroatoms. The fraction of sp³-hybridized carbons (Fsp3) is 0.500. The van der Waals surface area contributed by atoms with Gasteiger partial charge in [-0.1, -0.05) is 11.6 Å². The highest BCUT2D eigenvalue weighted by Crippen LogP contribution is 2.27. The van der Waals surface area contributed by atoms with Crippen LogP contribution in [-0.2, 0) is 0 Å². The van der Waals surface area contributed by atoms with Crippen molar-refractivity contribution >= 4 is 40.9 Å². The number of amides is 1. The fourth-order valence-corrected chi connectivity index (χ4v) is 3.34. The molecule has 1 aromatic rings. The van der Waals surface area contributed by atoms with Crippen molar-refractivity contribution in [2.75, 3.05) is 18.7 Å². The Labute approximate surface area is 128 Å². The zero-order valence-corrected chi connectivity index (χ0v) is 13.2. The van der Waals surface area contributed by atoms with Crippen LogP contribution in [0.15, 0.2) is 23.1 Å². The number of carbonyl (C=O) groups is 1. The van der Waals surface area contributed by atoms with Gasteiger partial charge in [0.15, 0.2) is 0 Å². The van der Waals surface area contributed by atoms with Gasteiger partial charge in [-0.05, 0) is 43.7 Å². The first-order chi connectivity index (χ1) is 9.17. The molecule has 2 rings (SSSR count). The molecule has 0 aliphatic carbocycles. The van der Waals surface area contributed by atoms with Crippen molar-refractivity contribution in [1.29, 1.82) is 0 Å². The molecule has 1 amide bonds. The molecule has 1 saturated heterocycles. The lowest BCUT2D eigenvalue weighted by molar-refractivity contribution is 0.0639. The first kappa shape index (κ1) is 15.0. The van der Waals surface area contributed by atoms with Crippen LogP contribution in [-0.4, -0.2) is 35.5 Å². The van der Waals surface area contributed by atoms with Crippen LogP contribution in [0.25, 0.3) is 0 Å². The van der Waals surface area contributed by atoms with Crippen LogP contribution in [0, 0.1) is 0 Å². The average molecular weight is 318 g/mol. The maximum atomic E-state index is 12.6. The summed E-state index contributed by atoms with van der Waals surface area (Å²) in [6.45, 7) is 0.774. The van der Waals surface area contributed by atoms with Crippen molar-refractivity contribution in [2.24, 2.45) is 0 Å². The van der Waals surface area contributed by atoms with Crippen LogP contribution in [0.3, 0.4) is 0 Å². The van der Waals surface area contributed by atoms with E-state index in [9.17, 15) is 4.79 Å². The van der Waals surface area contributed by atoms with E-state index in [2.05, 4.69) is 0 Å². The zero-order valence-electron chi connectivity index (χ0n) is 10.9. The van der Waals surface area contributed by atoms with Crippen LogP contribution < -0.4 is 0 Å². The monoisotopic (exact) mass is 317 g/mol. The second-order valence-electron chi connectivity index (χ2n) is 4.65. The number of halogens is 2. The SMILES string of the molecule is CSc1ccc(Cl)c(C(=O)N2CCCCC2CCl)c1. The van der Waals surface area contributed by atoms with Crippen LogP contribution in [0.4, 0.5) is 0 Å². The van der Waals surface area contributed by atoms with Gasteiger partial charge >= 0.3 is 0 Å². The Hall–Kier alpha value is -0.380. The molecule has 1 aliphatic rings. The van der Waals surface area contributed by atoms with E-state index in [1.165, 1.54) is 0 Å². The van der Waals surface area contributed by atoms with Gasteiger partial charge in [-0.25, -0.2) is 0 Å². The van der Waals surface area contributed by atoms with Crippen molar-refractivity contribution in [2.45, 2.75) is 30.2 Å². The van der Waals surface area contributed by atoms with E-state index >= 15 is 0 Å². The van der Waals surface area contributed by atoms with E-state index < -0.39 is 0 Å². The molecule has 1 atom stereocenters. The minimum Gasteiger partial charge on any atom is -0.334 e. The predicted octanol–water partition coefficient (Wildman–Crippen LogP) is 4.30. The lowest BCUT2D eigenvalue weighted by Crippen LogP contribution is -2.44. The molecular formula is C14H17Cl2NOS. The van der Waals surface area contributed by atoms with E-state index in [4.69, 9.17) is 23.2 Å². The number of alkyl halides is 1. The smallest absolute Gasteiger partial charge is 0.255 e. The molecule has 0 aromatic heterocycles. The summed E-state index contributed by atoms with van der Waals surface area (Å²) < 4.78 is 0. The third-order valence-corrected chi connectivity index (χ3v) is 4.88. The molecule has 0 spiro atoms.